The summed E-state index contributed by atoms with van der Waals surface area (Å²) >= 11 is 0. The van der Waals surface area contributed by atoms with Gasteiger partial charge in [-0.3, -0.25) is 4.55 Å². The largest absolute Gasteiger partial charge is 0.507 e. The van der Waals surface area contributed by atoms with E-state index in [9.17, 15) is 13.5 Å². The van der Waals surface area contributed by atoms with E-state index in [0.29, 0.717) is 0 Å². The fourth-order valence-corrected chi connectivity index (χ4v) is 2.31. The number of fused-ring (bicyclic) bond motifs is 1. The third-order valence-corrected chi connectivity index (χ3v) is 3.13. The fourth-order valence-electron chi connectivity index (χ4n) is 1.57. The third-order valence-electron chi connectivity index (χ3n) is 2.24. The molecule has 0 spiro atoms. The molecule has 0 saturated carbocycles. The Bertz CT molecular complexity index is 664. The molecule has 4 N–H and O–H groups in total. The van der Waals surface area contributed by atoms with Crippen LogP contribution in [0.5, 0.6) is 5.75 Å². The van der Waals surface area contributed by atoms with Crippen molar-refractivity contribution in [2.24, 2.45) is 0 Å². The van der Waals surface area contributed by atoms with E-state index in [-0.39, 0.29) is 27.1 Å². The number of phenolic OH excluding ortho intramolecular Hbond substituents is 1. The first-order chi connectivity index (χ1) is 7.39. The Labute approximate surface area is 91.9 Å². The highest BCUT2D eigenvalue weighted by molar-refractivity contribution is 7.86. The average Bonchev–Trinajstić information content (AvgIpc) is 2.17. The molecule has 0 amide bonds. The van der Waals surface area contributed by atoms with Crippen molar-refractivity contribution < 1.29 is 18.1 Å². The maximum Gasteiger partial charge on any atom is 0.295 e. The Hall–Kier alpha value is -1.79. The van der Waals surface area contributed by atoms with Crippen LogP contribution in [0.25, 0.3) is 10.8 Å². The molecule has 5 nitrogen and oxygen atoms in total. The zero-order chi connectivity index (χ0) is 11.9. The van der Waals surface area contributed by atoms with Crippen molar-refractivity contribution in [2.45, 2.75) is 4.90 Å². The minimum Gasteiger partial charge on any atom is -0.507 e. The van der Waals surface area contributed by atoms with Crippen LogP contribution in [0.2, 0.25) is 0 Å². The molecular formula is C10H9NO4S. The topological polar surface area (TPSA) is 101 Å². The van der Waals surface area contributed by atoms with Crippen LogP contribution in [0.15, 0.2) is 35.2 Å². The maximum atomic E-state index is 11.1. The minimum atomic E-state index is -4.36. The lowest BCUT2D eigenvalue weighted by molar-refractivity contribution is 0.481. The third kappa shape index (κ3) is 1.68. The number of rotatable bonds is 1. The first kappa shape index (κ1) is 10.7. The van der Waals surface area contributed by atoms with Crippen LogP contribution in [0.4, 0.5) is 5.69 Å². The molecule has 84 valence electrons. The summed E-state index contributed by atoms with van der Waals surface area (Å²) in [6, 6.07) is 6.98. The molecule has 0 aliphatic rings. The van der Waals surface area contributed by atoms with E-state index < -0.39 is 10.1 Å². The quantitative estimate of drug-likeness (QED) is 0.515. The number of benzene rings is 2. The van der Waals surface area contributed by atoms with Gasteiger partial charge in [0.25, 0.3) is 10.1 Å². The number of nitrogens with two attached hydrogens (primary N) is 1. The normalized spacial score (nSPS) is 11.8. The summed E-state index contributed by atoms with van der Waals surface area (Å²) < 4.78 is 31.3. The molecule has 0 aromatic heterocycles. The van der Waals surface area contributed by atoms with Gasteiger partial charge < -0.3 is 10.8 Å². The molecule has 0 bridgehead atoms. The van der Waals surface area contributed by atoms with Gasteiger partial charge in [0.15, 0.2) is 0 Å². The molecule has 2 aromatic carbocycles. The van der Waals surface area contributed by atoms with Gasteiger partial charge in [0.1, 0.15) is 10.6 Å². The Morgan fingerprint density at radius 2 is 1.81 bits per heavy atom. The van der Waals surface area contributed by atoms with Crippen LogP contribution < -0.4 is 5.73 Å². The molecule has 6 heteroatoms. The lowest BCUT2D eigenvalue weighted by Gasteiger charge is -2.06. The van der Waals surface area contributed by atoms with Crippen molar-refractivity contribution in [3.05, 3.63) is 30.3 Å². The summed E-state index contributed by atoms with van der Waals surface area (Å²) in [7, 11) is -4.36. The minimum absolute atomic E-state index is 0.0882. The summed E-state index contributed by atoms with van der Waals surface area (Å²) in [5.74, 6) is -0.0882. The summed E-state index contributed by atoms with van der Waals surface area (Å²) in [5, 5.41) is 10.1. The number of phenols is 1. The molecule has 0 aliphatic carbocycles. The first-order valence-corrected chi connectivity index (χ1v) is 5.82. The molecule has 2 aromatic rings. The van der Waals surface area contributed by atoms with E-state index in [1.807, 2.05) is 0 Å². The van der Waals surface area contributed by atoms with E-state index in [2.05, 4.69) is 0 Å². The molecule has 0 aliphatic heterocycles. The molecule has 0 unspecified atom stereocenters. The highest BCUT2D eigenvalue weighted by atomic mass is 32.2. The summed E-state index contributed by atoms with van der Waals surface area (Å²) in [6.07, 6.45) is 0. The van der Waals surface area contributed by atoms with Crippen molar-refractivity contribution >= 4 is 26.6 Å². The van der Waals surface area contributed by atoms with Crippen molar-refractivity contribution in [3.8, 4) is 5.75 Å². The van der Waals surface area contributed by atoms with Gasteiger partial charge in [0.2, 0.25) is 0 Å². The van der Waals surface area contributed by atoms with Crippen LogP contribution in [0, 0.1) is 0 Å². The van der Waals surface area contributed by atoms with Gasteiger partial charge in [-0.15, -0.1) is 0 Å². The Kier molecular flexibility index (Phi) is 2.25. The van der Waals surface area contributed by atoms with Gasteiger partial charge in [0, 0.05) is 16.5 Å². The van der Waals surface area contributed by atoms with Crippen LogP contribution in [0.3, 0.4) is 0 Å². The second-order valence-corrected chi connectivity index (χ2v) is 4.76. The second-order valence-electron chi connectivity index (χ2n) is 3.37. The highest BCUT2D eigenvalue weighted by Crippen LogP contribution is 2.31. The highest BCUT2D eigenvalue weighted by Gasteiger charge is 2.16. The maximum absolute atomic E-state index is 11.1. The number of hydrogen-bond acceptors (Lipinski definition) is 4. The summed E-state index contributed by atoms with van der Waals surface area (Å²) in [4.78, 5) is -0.307. The van der Waals surface area contributed by atoms with Crippen molar-refractivity contribution in [2.75, 3.05) is 5.73 Å². The zero-order valence-electron chi connectivity index (χ0n) is 8.08. The van der Waals surface area contributed by atoms with E-state index in [1.165, 1.54) is 24.3 Å². The molecule has 2 rings (SSSR count). The predicted molar refractivity (Wildman–Crippen MR) is 59.8 cm³/mol. The number of nitrogen functional groups attached to an aromatic ring is 1. The Morgan fingerprint density at radius 3 is 2.44 bits per heavy atom. The van der Waals surface area contributed by atoms with Crippen LogP contribution >= 0.6 is 0 Å². The van der Waals surface area contributed by atoms with Crippen molar-refractivity contribution in [3.63, 3.8) is 0 Å². The standard InChI is InChI=1S/C10H9NO4S/c11-6-4-8-7(2-1-3-9(8)12)10(5-6)16(13,14)15/h1-5,12H,11H2,(H,13,14,15). The molecular weight excluding hydrogens is 230 g/mol. The second kappa shape index (κ2) is 3.36. The molecule has 16 heavy (non-hydrogen) atoms. The van der Waals surface area contributed by atoms with E-state index in [0.717, 1.165) is 6.07 Å². The summed E-state index contributed by atoms with van der Waals surface area (Å²) in [5.41, 5.74) is 5.66. The van der Waals surface area contributed by atoms with Gasteiger partial charge in [-0.25, -0.2) is 0 Å². The molecule has 0 atom stereocenters. The number of anilines is 1. The van der Waals surface area contributed by atoms with Gasteiger partial charge in [-0.2, -0.15) is 8.42 Å². The van der Waals surface area contributed by atoms with Crippen molar-refractivity contribution in [1.29, 1.82) is 0 Å². The van der Waals surface area contributed by atoms with E-state index in [4.69, 9.17) is 10.3 Å². The zero-order valence-corrected chi connectivity index (χ0v) is 8.90. The van der Waals surface area contributed by atoms with E-state index in [1.54, 1.807) is 0 Å². The molecule has 0 heterocycles. The predicted octanol–water partition coefficient (Wildman–Crippen LogP) is 1.37. The van der Waals surface area contributed by atoms with Crippen LogP contribution in [-0.2, 0) is 10.1 Å². The number of aromatic hydroxyl groups is 1. The van der Waals surface area contributed by atoms with Crippen LogP contribution in [-0.4, -0.2) is 18.1 Å². The molecule has 0 radical (unpaired) electrons. The lowest BCUT2D eigenvalue weighted by atomic mass is 10.1. The monoisotopic (exact) mass is 239 g/mol. The Balaban J connectivity index is 3.01. The molecule has 0 fully saturated rings. The van der Waals surface area contributed by atoms with Gasteiger partial charge in [-0.05, 0) is 18.2 Å². The lowest BCUT2D eigenvalue weighted by Crippen LogP contribution is -2.00. The SMILES string of the molecule is Nc1cc(S(=O)(=O)O)c2cccc(O)c2c1. The Morgan fingerprint density at radius 1 is 1.12 bits per heavy atom. The first-order valence-electron chi connectivity index (χ1n) is 4.38. The number of hydrogen-bond donors (Lipinski definition) is 3. The van der Waals surface area contributed by atoms with Gasteiger partial charge in [0.05, 0.1) is 0 Å². The average molecular weight is 239 g/mol. The van der Waals surface area contributed by atoms with Crippen LogP contribution in [0.1, 0.15) is 0 Å². The fraction of sp³-hybridized carbons (Fsp3) is 0. The van der Waals surface area contributed by atoms with Gasteiger partial charge >= 0.3 is 0 Å². The summed E-state index contributed by atoms with van der Waals surface area (Å²) in [6.45, 7) is 0. The van der Waals surface area contributed by atoms with E-state index >= 15 is 0 Å². The van der Waals surface area contributed by atoms with Gasteiger partial charge in [-0.1, -0.05) is 12.1 Å². The van der Waals surface area contributed by atoms with Crippen molar-refractivity contribution in [1.82, 2.24) is 0 Å². The molecule has 0 saturated heterocycles. The smallest absolute Gasteiger partial charge is 0.295 e.